The second-order valence-electron chi connectivity index (χ2n) is 12.4. The van der Waals surface area contributed by atoms with E-state index in [2.05, 4.69) is 5.32 Å². The van der Waals surface area contributed by atoms with Gasteiger partial charge in [0.15, 0.2) is 15.1 Å². The molecule has 12 heteroatoms. The van der Waals surface area contributed by atoms with Gasteiger partial charge in [-0.2, -0.15) is 13.2 Å². The maximum atomic E-state index is 14.4. The molecule has 2 aromatic rings. The Morgan fingerprint density at radius 1 is 1.02 bits per heavy atom. The first-order chi connectivity index (χ1) is 20.5. The summed E-state index contributed by atoms with van der Waals surface area (Å²) in [6.45, 7) is 10.7. The molecule has 4 atom stereocenters. The van der Waals surface area contributed by atoms with Crippen LogP contribution in [0.25, 0.3) is 5.70 Å². The van der Waals surface area contributed by atoms with E-state index in [9.17, 15) is 32.7 Å². The Morgan fingerprint density at radius 2 is 1.59 bits per heavy atom. The molecule has 0 saturated heterocycles. The number of nitrogens with zero attached hydrogens (tertiary/aromatic N) is 2. The minimum absolute atomic E-state index is 0.207. The molecule has 0 bridgehead atoms. The van der Waals surface area contributed by atoms with Crippen molar-refractivity contribution in [2.45, 2.75) is 71.6 Å². The Balaban J connectivity index is 2.04. The van der Waals surface area contributed by atoms with Gasteiger partial charge in [0, 0.05) is 25.6 Å². The maximum Gasteiger partial charge on any atom is 0.416 e. The number of alkyl halides is 3. The lowest BCUT2D eigenvalue weighted by molar-refractivity contribution is -0.212. The average Bonchev–Trinajstić information content (AvgIpc) is 2.93. The average molecular weight is 634 g/mol. The fourth-order valence-electron chi connectivity index (χ4n) is 5.18. The summed E-state index contributed by atoms with van der Waals surface area (Å²) in [4.78, 5) is 43.4. The first-order valence-corrected chi connectivity index (χ1v) is 17.4. The topological polar surface area (TPSA) is 99.2 Å². The van der Waals surface area contributed by atoms with Crippen LogP contribution in [0.4, 0.5) is 13.2 Å². The molecule has 0 spiro atoms. The molecule has 1 aliphatic heterocycles. The third-order valence-electron chi connectivity index (χ3n) is 7.57. The number of halogens is 3. The van der Waals surface area contributed by atoms with Crippen LogP contribution in [0.5, 0.6) is 0 Å². The van der Waals surface area contributed by atoms with Crippen molar-refractivity contribution in [3.8, 4) is 0 Å². The predicted molar refractivity (Wildman–Crippen MR) is 164 cm³/mol. The second-order valence-corrected chi connectivity index (χ2v) is 14.8. The van der Waals surface area contributed by atoms with Gasteiger partial charge in [-0.3, -0.25) is 19.3 Å². The van der Waals surface area contributed by atoms with Crippen molar-refractivity contribution in [3.63, 3.8) is 0 Å². The van der Waals surface area contributed by atoms with Crippen molar-refractivity contribution < 1.29 is 37.1 Å². The highest BCUT2D eigenvalue weighted by Crippen LogP contribution is 2.37. The van der Waals surface area contributed by atoms with E-state index in [1.807, 2.05) is 33.9 Å². The number of carbonyl (C=O) groups is 3. The van der Waals surface area contributed by atoms with Crippen LogP contribution in [0.2, 0.25) is 13.1 Å². The van der Waals surface area contributed by atoms with Crippen LogP contribution in [0.3, 0.4) is 0 Å². The van der Waals surface area contributed by atoms with E-state index >= 15 is 0 Å². The Kier molecular flexibility index (Phi) is 11.6. The number of hydrogen-bond acceptors (Lipinski definition) is 5. The molecule has 0 saturated carbocycles. The van der Waals surface area contributed by atoms with Gasteiger partial charge in [-0.25, -0.2) is 0 Å². The highest BCUT2D eigenvalue weighted by atomic mass is 28.3. The lowest BCUT2D eigenvalue weighted by Gasteiger charge is -2.46. The molecule has 1 aliphatic rings. The second kappa shape index (κ2) is 14.5. The smallest absolute Gasteiger partial charge is 0.416 e. The maximum absolute atomic E-state index is 14.4. The third kappa shape index (κ3) is 9.02. The Hall–Kier alpha value is -3.48. The number of aliphatic hydroxyl groups excluding tert-OH is 1. The third-order valence-corrected chi connectivity index (χ3v) is 8.43. The summed E-state index contributed by atoms with van der Waals surface area (Å²) in [6.07, 6.45) is -6.59. The summed E-state index contributed by atoms with van der Waals surface area (Å²) >= 11 is 0. The predicted octanol–water partition coefficient (Wildman–Crippen LogP) is 4.36. The van der Waals surface area contributed by atoms with Gasteiger partial charge >= 0.3 is 6.18 Å². The van der Waals surface area contributed by atoms with Gasteiger partial charge in [0.1, 0.15) is 12.6 Å². The highest BCUT2D eigenvalue weighted by Gasteiger charge is 2.48. The van der Waals surface area contributed by atoms with E-state index < -0.39 is 63.1 Å². The monoisotopic (exact) mass is 633 g/mol. The standard InChI is InChI=1S/C32H42F3N3O5Si/c1-21(39)37-18-26(23-15-11-8-12-16-23)38(30(42)28(37)24(31(2,3)4)20-43-44(5)6)19-27(40)36-25(29(41)32(33,34)35)17-22-13-9-7-10-14-22/h7-16,18,24-25,28-29,41,44H,17,19-20H2,1-6H3,(H,36,40). The van der Waals surface area contributed by atoms with Crippen LogP contribution >= 0.6 is 0 Å². The number of carbonyl (C=O) groups excluding carboxylic acids is 3. The molecule has 240 valence electrons. The molecule has 44 heavy (non-hydrogen) atoms. The van der Waals surface area contributed by atoms with Crippen LogP contribution in [-0.2, 0) is 25.2 Å². The van der Waals surface area contributed by atoms with E-state index in [0.29, 0.717) is 11.1 Å². The number of nitrogens with one attached hydrogen (secondary N) is 1. The lowest BCUT2D eigenvalue weighted by Crippen LogP contribution is -2.60. The van der Waals surface area contributed by atoms with Gasteiger partial charge in [-0.05, 0) is 36.1 Å². The van der Waals surface area contributed by atoms with Gasteiger partial charge in [-0.1, -0.05) is 81.4 Å². The molecule has 4 unspecified atom stereocenters. The van der Waals surface area contributed by atoms with Crippen LogP contribution in [-0.4, -0.2) is 79.2 Å². The van der Waals surface area contributed by atoms with Crippen LogP contribution < -0.4 is 5.32 Å². The molecule has 3 amide bonds. The van der Waals surface area contributed by atoms with Crippen molar-refractivity contribution in [1.29, 1.82) is 0 Å². The highest BCUT2D eigenvalue weighted by molar-refractivity contribution is 6.48. The van der Waals surface area contributed by atoms with Gasteiger partial charge in [-0.15, -0.1) is 0 Å². The quantitative estimate of drug-likeness (QED) is 0.359. The number of rotatable bonds is 11. The van der Waals surface area contributed by atoms with Crippen LogP contribution in [0, 0.1) is 11.3 Å². The number of benzene rings is 2. The molecule has 1 heterocycles. The van der Waals surface area contributed by atoms with Crippen molar-refractivity contribution >= 4 is 32.5 Å². The molecule has 3 rings (SSSR count). The Morgan fingerprint density at radius 3 is 2.09 bits per heavy atom. The molecular formula is C32H42F3N3O5Si. The summed E-state index contributed by atoms with van der Waals surface area (Å²) in [6, 6.07) is 14.1. The summed E-state index contributed by atoms with van der Waals surface area (Å²) in [7, 11) is -1.51. The number of aliphatic hydroxyl groups is 1. The first kappa shape index (κ1) is 35.0. The van der Waals surface area contributed by atoms with E-state index in [1.54, 1.807) is 60.7 Å². The van der Waals surface area contributed by atoms with Crippen molar-refractivity contribution in [2.75, 3.05) is 13.2 Å². The zero-order valence-electron chi connectivity index (χ0n) is 26.0. The number of amides is 3. The summed E-state index contributed by atoms with van der Waals surface area (Å²) in [5, 5.41) is 12.5. The summed E-state index contributed by atoms with van der Waals surface area (Å²) in [5.41, 5.74) is 0.771. The normalized spacial score (nSPS) is 18.1. The molecule has 0 aromatic heterocycles. The van der Waals surface area contributed by atoms with Gasteiger partial charge in [0.2, 0.25) is 11.8 Å². The van der Waals surface area contributed by atoms with E-state index in [1.165, 1.54) is 22.9 Å². The van der Waals surface area contributed by atoms with Crippen LogP contribution in [0.15, 0.2) is 66.9 Å². The van der Waals surface area contributed by atoms with E-state index in [0.717, 1.165) is 0 Å². The summed E-state index contributed by atoms with van der Waals surface area (Å²) in [5.74, 6) is -2.29. The van der Waals surface area contributed by atoms with E-state index in [4.69, 9.17) is 4.43 Å². The molecular weight excluding hydrogens is 591 g/mol. The fraction of sp³-hybridized carbons (Fsp3) is 0.469. The molecule has 2 N–H and O–H groups in total. The molecule has 0 aliphatic carbocycles. The minimum Gasteiger partial charge on any atom is -0.420 e. The fourth-order valence-corrected chi connectivity index (χ4v) is 5.77. The van der Waals surface area contributed by atoms with Crippen molar-refractivity contribution in [3.05, 3.63) is 78.0 Å². The van der Waals surface area contributed by atoms with E-state index in [-0.39, 0.29) is 24.6 Å². The van der Waals surface area contributed by atoms with Crippen molar-refractivity contribution in [2.24, 2.45) is 11.3 Å². The zero-order chi connectivity index (χ0) is 32.8. The minimum atomic E-state index is -4.99. The molecule has 0 fully saturated rings. The molecule has 2 aromatic carbocycles. The Bertz CT molecular complexity index is 1320. The van der Waals surface area contributed by atoms with Crippen LogP contribution in [0.1, 0.15) is 38.8 Å². The number of hydrogen-bond donors (Lipinski definition) is 2. The van der Waals surface area contributed by atoms with Gasteiger partial charge in [0.25, 0.3) is 5.91 Å². The van der Waals surface area contributed by atoms with Crippen molar-refractivity contribution in [1.82, 2.24) is 15.1 Å². The SMILES string of the molecule is CC(=O)N1C=C(c2ccccc2)N(CC(=O)NC(Cc2ccccc2)C(O)C(F)(F)F)C(=O)C1C(CO[SiH](C)C)C(C)(C)C. The lowest BCUT2D eigenvalue weighted by atomic mass is 9.75. The molecule has 0 radical (unpaired) electrons. The molecule has 8 nitrogen and oxygen atoms in total. The van der Waals surface area contributed by atoms with Gasteiger partial charge in [0.05, 0.1) is 11.7 Å². The zero-order valence-corrected chi connectivity index (χ0v) is 27.1. The Labute approximate surface area is 258 Å². The largest absolute Gasteiger partial charge is 0.420 e. The summed E-state index contributed by atoms with van der Waals surface area (Å²) < 4.78 is 47.0. The van der Waals surface area contributed by atoms with Gasteiger partial charge < -0.3 is 19.7 Å². The first-order valence-electron chi connectivity index (χ1n) is 14.6.